The molecule has 0 heterocycles. The highest BCUT2D eigenvalue weighted by molar-refractivity contribution is 5.63. The normalized spacial score (nSPS) is 12.1. The molecule has 1 nitrogen and oxygen atoms in total. The molecule has 110 valence electrons. The Labute approximate surface area is 128 Å². The van der Waals surface area contributed by atoms with Gasteiger partial charge in [-0.25, -0.2) is 0 Å². The number of nitrogens with two attached hydrogens (primary N) is 1. The lowest BCUT2D eigenvalue weighted by atomic mass is 9.94. The van der Waals surface area contributed by atoms with Gasteiger partial charge in [0.25, 0.3) is 0 Å². The average Bonchev–Trinajstić information content (AvgIpc) is 2.55. The van der Waals surface area contributed by atoms with Crippen molar-refractivity contribution >= 4 is 0 Å². The average molecular weight is 279 g/mol. The number of benzene rings is 2. The number of rotatable bonds is 7. The van der Waals surface area contributed by atoms with Crippen LogP contribution >= 0.6 is 0 Å². The van der Waals surface area contributed by atoms with Crippen molar-refractivity contribution in [3.05, 3.63) is 72.3 Å². The van der Waals surface area contributed by atoms with Crippen molar-refractivity contribution in [2.75, 3.05) is 6.54 Å². The van der Waals surface area contributed by atoms with Crippen LogP contribution in [-0.2, 0) is 6.42 Å². The van der Waals surface area contributed by atoms with Crippen LogP contribution < -0.4 is 5.73 Å². The van der Waals surface area contributed by atoms with E-state index in [1.54, 1.807) is 0 Å². The van der Waals surface area contributed by atoms with E-state index in [1.165, 1.54) is 23.1 Å². The predicted octanol–water partition coefficient (Wildman–Crippen LogP) is 4.83. The van der Waals surface area contributed by atoms with Gasteiger partial charge in [-0.05, 0) is 41.9 Å². The first-order chi connectivity index (χ1) is 10.2. The third kappa shape index (κ3) is 4.57. The van der Waals surface area contributed by atoms with E-state index in [-0.39, 0.29) is 0 Å². The van der Waals surface area contributed by atoms with Gasteiger partial charge >= 0.3 is 0 Å². The van der Waals surface area contributed by atoms with E-state index in [9.17, 15) is 0 Å². The van der Waals surface area contributed by atoms with Crippen LogP contribution in [0.2, 0.25) is 0 Å². The fourth-order valence-corrected chi connectivity index (χ4v) is 2.51. The van der Waals surface area contributed by atoms with Crippen molar-refractivity contribution in [1.29, 1.82) is 0 Å². The van der Waals surface area contributed by atoms with Crippen LogP contribution in [0.15, 0.2) is 66.7 Å². The highest BCUT2D eigenvalue weighted by Crippen LogP contribution is 2.21. The van der Waals surface area contributed by atoms with Crippen molar-refractivity contribution < 1.29 is 0 Å². The number of aryl methyl sites for hydroxylation is 1. The zero-order valence-corrected chi connectivity index (χ0v) is 12.9. The topological polar surface area (TPSA) is 26.0 Å². The first-order valence-electron chi connectivity index (χ1n) is 7.73. The minimum Gasteiger partial charge on any atom is -0.327 e. The highest BCUT2D eigenvalue weighted by Gasteiger charge is 2.05. The monoisotopic (exact) mass is 279 g/mol. The SMILES string of the molecule is C=C(CN)C(C)CCCc1ccc(-c2ccccc2)cc1. The van der Waals surface area contributed by atoms with Crippen molar-refractivity contribution in [2.24, 2.45) is 11.7 Å². The summed E-state index contributed by atoms with van der Waals surface area (Å²) >= 11 is 0. The molecule has 2 aromatic rings. The Bertz CT molecular complexity index is 554. The summed E-state index contributed by atoms with van der Waals surface area (Å²) in [5, 5.41) is 0. The van der Waals surface area contributed by atoms with E-state index in [0.717, 1.165) is 18.4 Å². The molecule has 2 aromatic carbocycles. The molecule has 0 fully saturated rings. The third-order valence-corrected chi connectivity index (χ3v) is 4.12. The second kappa shape index (κ2) is 7.80. The fraction of sp³-hybridized carbons (Fsp3) is 0.300. The van der Waals surface area contributed by atoms with Gasteiger partial charge in [0.2, 0.25) is 0 Å². The second-order valence-corrected chi connectivity index (χ2v) is 5.72. The van der Waals surface area contributed by atoms with Crippen LogP contribution in [0.3, 0.4) is 0 Å². The molecular weight excluding hydrogens is 254 g/mol. The largest absolute Gasteiger partial charge is 0.327 e. The van der Waals surface area contributed by atoms with Crippen LogP contribution in [0.4, 0.5) is 0 Å². The lowest BCUT2D eigenvalue weighted by Crippen LogP contribution is -2.09. The molecule has 0 aliphatic carbocycles. The van der Waals surface area contributed by atoms with Gasteiger partial charge in [-0.1, -0.05) is 73.7 Å². The van der Waals surface area contributed by atoms with Crippen LogP contribution in [0, 0.1) is 5.92 Å². The minimum atomic E-state index is 0.526. The van der Waals surface area contributed by atoms with E-state index in [0.29, 0.717) is 12.5 Å². The molecule has 0 saturated heterocycles. The van der Waals surface area contributed by atoms with Gasteiger partial charge in [-0.3, -0.25) is 0 Å². The molecule has 0 amide bonds. The number of hydrogen-bond donors (Lipinski definition) is 1. The van der Waals surface area contributed by atoms with E-state index in [4.69, 9.17) is 5.73 Å². The first-order valence-corrected chi connectivity index (χ1v) is 7.73. The van der Waals surface area contributed by atoms with Gasteiger partial charge < -0.3 is 5.73 Å². The highest BCUT2D eigenvalue weighted by atomic mass is 14.5. The smallest absolute Gasteiger partial charge is 0.0136 e. The third-order valence-electron chi connectivity index (χ3n) is 4.12. The maximum Gasteiger partial charge on any atom is 0.0136 e. The molecule has 0 saturated carbocycles. The quantitative estimate of drug-likeness (QED) is 0.722. The van der Waals surface area contributed by atoms with Crippen molar-refractivity contribution in [1.82, 2.24) is 0 Å². The molecule has 1 heteroatoms. The van der Waals surface area contributed by atoms with Gasteiger partial charge in [0.15, 0.2) is 0 Å². The lowest BCUT2D eigenvalue weighted by Gasteiger charge is -2.12. The van der Waals surface area contributed by atoms with Crippen molar-refractivity contribution in [3.8, 4) is 11.1 Å². The van der Waals surface area contributed by atoms with Gasteiger partial charge in [0.05, 0.1) is 0 Å². The Balaban J connectivity index is 1.87. The predicted molar refractivity (Wildman–Crippen MR) is 92.2 cm³/mol. The molecule has 21 heavy (non-hydrogen) atoms. The molecule has 1 atom stereocenters. The standard InChI is InChI=1S/C20H25N/c1-16(17(2)15-21)7-6-8-18-11-13-20(14-12-18)19-9-4-3-5-10-19/h3-5,9-14,16H,2,6-8,15,21H2,1H3. The number of hydrogen-bond acceptors (Lipinski definition) is 1. The summed E-state index contributed by atoms with van der Waals surface area (Å²) in [5.41, 5.74) is 10.7. The molecule has 0 spiro atoms. The van der Waals surface area contributed by atoms with E-state index in [1.807, 2.05) is 6.07 Å². The molecule has 0 aromatic heterocycles. The van der Waals surface area contributed by atoms with Crippen molar-refractivity contribution in [3.63, 3.8) is 0 Å². The summed E-state index contributed by atoms with van der Waals surface area (Å²) in [7, 11) is 0. The van der Waals surface area contributed by atoms with Gasteiger partial charge in [0.1, 0.15) is 0 Å². The lowest BCUT2D eigenvalue weighted by molar-refractivity contribution is 0.573. The van der Waals surface area contributed by atoms with Gasteiger partial charge in [-0.15, -0.1) is 0 Å². The summed E-state index contributed by atoms with van der Waals surface area (Å²) < 4.78 is 0. The zero-order chi connectivity index (χ0) is 15.1. The summed E-state index contributed by atoms with van der Waals surface area (Å²) in [6.45, 7) is 6.84. The summed E-state index contributed by atoms with van der Waals surface area (Å²) in [4.78, 5) is 0. The molecule has 0 radical (unpaired) electrons. The molecule has 2 N–H and O–H groups in total. The summed E-state index contributed by atoms with van der Waals surface area (Å²) in [6, 6.07) is 19.4. The van der Waals surface area contributed by atoms with Crippen LogP contribution in [-0.4, -0.2) is 6.54 Å². The van der Waals surface area contributed by atoms with Gasteiger partial charge in [0, 0.05) is 6.54 Å². The Morgan fingerprint density at radius 3 is 2.24 bits per heavy atom. The molecule has 0 aliphatic heterocycles. The molecule has 0 bridgehead atoms. The minimum absolute atomic E-state index is 0.526. The fourth-order valence-electron chi connectivity index (χ4n) is 2.51. The van der Waals surface area contributed by atoms with Crippen LogP contribution in [0.1, 0.15) is 25.3 Å². The maximum atomic E-state index is 5.63. The Kier molecular flexibility index (Phi) is 5.77. The van der Waals surface area contributed by atoms with Crippen molar-refractivity contribution in [2.45, 2.75) is 26.2 Å². The van der Waals surface area contributed by atoms with E-state index < -0.39 is 0 Å². The molecule has 0 aliphatic rings. The van der Waals surface area contributed by atoms with E-state index >= 15 is 0 Å². The first kappa shape index (κ1) is 15.5. The summed E-state index contributed by atoms with van der Waals surface area (Å²) in [6.07, 6.45) is 3.47. The van der Waals surface area contributed by atoms with Gasteiger partial charge in [-0.2, -0.15) is 0 Å². The molecule has 2 rings (SSSR count). The molecular formula is C20H25N. The Hall–Kier alpha value is -1.86. The van der Waals surface area contributed by atoms with Crippen LogP contribution in [0.5, 0.6) is 0 Å². The maximum absolute atomic E-state index is 5.63. The zero-order valence-electron chi connectivity index (χ0n) is 12.9. The Morgan fingerprint density at radius 1 is 1.00 bits per heavy atom. The second-order valence-electron chi connectivity index (χ2n) is 5.72. The Morgan fingerprint density at radius 2 is 1.62 bits per heavy atom. The van der Waals surface area contributed by atoms with E-state index in [2.05, 4.69) is 62.0 Å². The molecule has 1 unspecified atom stereocenters. The van der Waals surface area contributed by atoms with Crippen LogP contribution in [0.25, 0.3) is 11.1 Å². The summed E-state index contributed by atoms with van der Waals surface area (Å²) in [5.74, 6) is 0.526.